The minimum atomic E-state index is -0.131. The molecule has 0 bridgehead atoms. The number of aliphatic hydroxyl groups is 1. The Labute approximate surface area is 113 Å². The van der Waals surface area contributed by atoms with E-state index in [2.05, 4.69) is 0 Å². The maximum absolute atomic E-state index is 9.80. The summed E-state index contributed by atoms with van der Waals surface area (Å²) in [5.41, 5.74) is 1.15. The van der Waals surface area contributed by atoms with Crippen molar-refractivity contribution in [1.82, 2.24) is 0 Å². The maximum Gasteiger partial charge on any atom is 0.0543 e. The number of benzene rings is 1. The van der Waals surface area contributed by atoms with Gasteiger partial charge < -0.3 is 5.11 Å². The van der Waals surface area contributed by atoms with Crippen molar-refractivity contribution in [2.24, 2.45) is 5.92 Å². The number of aliphatic hydroxyl groups excluding tert-OH is 1. The summed E-state index contributed by atoms with van der Waals surface area (Å²) in [6, 6.07) is 5.68. The molecular weight excluding hydrogens is 255 g/mol. The van der Waals surface area contributed by atoms with Gasteiger partial charge in [0.25, 0.3) is 0 Å². The molecular formula is C14H18Cl2O. The molecule has 94 valence electrons. The molecule has 0 heterocycles. The Morgan fingerprint density at radius 3 is 2.71 bits per heavy atom. The van der Waals surface area contributed by atoms with Crippen LogP contribution in [0.5, 0.6) is 0 Å². The monoisotopic (exact) mass is 272 g/mol. The van der Waals surface area contributed by atoms with Crippen LogP contribution >= 0.6 is 23.2 Å². The third-order valence-electron chi connectivity index (χ3n) is 3.53. The number of hydrogen-bond donors (Lipinski definition) is 1. The predicted octanol–water partition coefficient (Wildman–Crippen LogP) is 4.48. The summed E-state index contributed by atoms with van der Waals surface area (Å²) >= 11 is 12.1. The molecule has 1 saturated carbocycles. The van der Waals surface area contributed by atoms with Crippen molar-refractivity contribution in [1.29, 1.82) is 0 Å². The normalized spacial score (nSPS) is 25.6. The zero-order valence-corrected chi connectivity index (χ0v) is 11.3. The summed E-state index contributed by atoms with van der Waals surface area (Å²) in [4.78, 5) is 0. The van der Waals surface area contributed by atoms with Gasteiger partial charge in [-0.1, -0.05) is 48.5 Å². The highest BCUT2D eigenvalue weighted by Gasteiger charge is 2.19. The SMILES string of the molecule is OC1CCCCC(Cc2ccc(Cl)cc2Cl)C1. The second kappa shape index (κ2) is 6.08. The van der Waals surface area contributed by atoms with Gasteiger partial charge in [-0.15, -0.1) is 0 Å². The molecule has 1 aliphatic carbocycles. The summed E-state index contributed by atoms with van der Waals surface area (Å²) in [6.45, 7) is 0. The Balaban J connectivity index is 2.03. The molecule has 1 aliphatic rings. The highest BCUT2D eigenvalue weighted by Crippen LogP contribution is 2.29. The van der Waals surface area contributed by atoms with Gasteiger partial charge in [-0.05, 0) is 42.9 Å². The van der Waals surface area contributed by atoms with Crippen LogP contribution in [-0.4, -0.2) is 11.2 Å². The van der Waals surface area contributed by atoms with Gasteiger partial charge in [-0.3, -0.25) is 0 Å². The minimum absolute atomic E-state index is 0.131. The fourth-order valence-electron chi connectivity index (χ4n) is 2.62. The Morgan fingerprint density at radius 2 is 1.94 bits per heavy atom. The van der Waals surface area contributed by atoms with Gasteiger partial charge >= 0.3 is 0 Å². The molecule has 2 rings (SSSR count). The van der Waals surface area contributed by atoms with Gasteiger partial charge in [0.1, 0.15) is 0 Å². The fraction of sp³-hybridized carbons (Fsp3) is 0.571. The lowest BCUT2D eigenvalue weighted by Gasteiger charge is -2.17. The van der Waals surface area contributed by atoms with Crippen LogP contribution in [0.2, 0.25) is 10.0 Å². The van der Waals surface area contributed by atoms with Crippen molar-refractivity contribution in [3.8, 4) is 0 Å². The van der Waals surface area contributed by atoms with E-state index in [1.165, 1.54) is 12.8 Å². The molecule has 1 fully saturated rings. The lowest BCUT2D eigenvalue weighted by Crippen LogP contribution is -2.12. The van der Waals surface area contributed by atoms with E-state index in [9.17, 15) is 5.11 Å². The first-order valence-corrected chi connectivity index (χ1v) is 7.02. The predicted molar refractivity (Wildman–Crippen MR) is 72.7 cm³/mol. The Morgan fingerprint density at radius 1 is 1.18 bits per heavy atom. The molecule has 3 heteroatoms. The van der Waals surface area contributed by atoms with Crippen LogP contribution in [0.3, 0.4) is 0 Å². The molecule has 0 radical (unpaired) electrons. The van der Waals surface area contributed by atoms with Crippen LogP contribution in [0.15, 0.2) is 18.2 Å². The number of hydrogen-bond acceptors (Lipinski definition) is 1. The first-order chi connectivity index (χ1) is 8.15. The van der Waals surface area contributed by atoms with Gasteiger partial charge in [-0.2, -0.15) is 0 Å². The first-order valence-electron chi connectivity index (χ1n) is 6.27. The maximum atomic E-state index is 9.80. The van der Waals surface area contributed by atoms with Crippen LogP contribution < -0.4 is 0 Å². The molecule has 1 N–H and O–H groups in total. The van der Waals surface area contributed by atoms with Crippen molar-refractivity contribution in [2.75, 3.05) is 0 Å². The summed E-state index contributed by atoms with van der Waals surface area (Å²) in [7, 11) is 0. The standard InChI is InChI=1S/C14H18Cl2O/c15-12-6-5-11(14(16)9-12)7-10-3-1-2-4-13(17)8-10/h5-6,9-10,13,17H,1-4,7-8H2. The van der Waals surface area contributed by atoms with Crippen LogP contribution in [-0.2, 0) is 6.42 Å². The second-order valence-corrected chi connectivity index (χ2v) is 5.82. The fourth-order valence-corrected chi connectivity index (χ4v) is 3.10. The summed E-state index contributed by atoms with van der Waals surface area (Å²) in [6.07, 6.45) is 6.22. The molecule has 2 atom stereocenters. The van der Waals surface area contributed by atoms with Gasteiger partial charge in [0.15, 0.2) is 0 Å². The lowest BCUT2D eigenvalue weighted by atomic mass is 9.92. The molecule has 0 amide bonds. The summed E-state index contributed by atoms with van der Waals surface area (Å²) in [5, 5.41) is 11.2. The molecule has 0 aromatic heterocycles. The van der Waals surface area contributed by atoms with E-state index in [1.54, 1.807) is 6.07 Å². The van der Waals surface area contributed by atoms with Gasteiger partial charge in [0.05, 0.1) is 6.10 Å². The average Bonchev–Trinajstić information content (AvgIpc) is 2.47. The molecule has 17 heavy (non-hydrogen) atoms. The average molecular weight is 273 g/mol. The van der Waals surface area contributed by atoms with Gasteiger partial charge in [-0.25, -0.2) is 0 Å². The highest BCUT2D eigenvalue weighted by molar-refractivity contribution is 6.35. The topological polar surface area (TPSA) is 20.2 Å². The van der Waals surface area contributed by atoms with E-state index in [1.807, 2.05) is 12.1 Å². The number of halogens is 2. The van der Waals surface area contributed by atoms with Gasteiger partial charge in [0.2, 0.25) is 0 Å². The van der Waals surface area contributed by atoms with E-state index < -0.39 is 0 Å². The van der Waals surface area contributed by atoms with Gasteiger partial charge in [0, 0.05) is 10.0 Å². The van der Waals surface area contributed by atoms with Crippen molar-refractivity contribution in [3.05, 3.63) is 33.8 Å². The first kappa shape index (κ1) is 13.2. The Kier molecular flexibility index (Phi) is 4.72. The van der Waals surface area contributed by atoms with Crippen molar-refractivity contribution in [2.45, 2.75) is 44.6 Å². The van der Waals surface area contributed by atoms with Crippen molar-refractivity contribution >= 4 is 23.2 Å². The molecule has 2 unspecified atom stereocenters. The van der Waals surface area contributed by atoms with E-state index in [0.29, 0.717) is 10.9 Å². The molecule has 1 aromatic rings. The molecule has 0 aliphatic heterocycles. The summed E-state index contributed by atoms with van der Waals surface area (Å²) < 4.78 is 0. The Hall–Kier alpha value is -0.240. The smallest absolute Gasteiger partial charge is 0.0543 e. The zero-order chi connectivity index (χ0) is 12.3. The van der Waals surface area contributed by atoms with E-state index in [0.717, 1.165) is 36.3 Å². The number of rotatable bonds is 2. The third-order valence-corrected chi connectivity index (χ3v) is 4.12. The van der Waals surface area contributed by atoms with Crippen LogP contribution in [0.1, 0.15) is 37.7 Å². The molecule has 0 spiro atoms. The zero-order valence-electron chi connectivity index (χ0n) is 9.83. The van der Waals surface area contributed by atoms with Crippen molar-refractivity contribution < 1.29 is 5.11 Å². The largest absolute Gasteiger partial charge is 0.393 e. The van der Waals surface area contributed by atoms with E-state index in [-0.39, 0.29) is 6.10 Å². The summed E-state index contributed by atoms with van der Waals surface area (Å²) in [5.74, 6) is 0.547. The van der Waals surface area contributed by atoms with E-state index >= 15 is 0 Å². The second-order valence-electron chi connectivity index (χ2n) is 4.98. The third kappa shape index (κ3) is 3.87. The molecule has 1 aromatic carbocycles. The molecule has 1 nitrogen and oxygen atoms in total. The van der Waals surface area contributed by atoms with E-state index in [4.69, 9.17) is 23.2 Å². The highest BCUT2D eigenvalue weighted by atomic mass is 35.5. The molecule has 0 saturated heterocycles. The van der Waals surface area contributed by atoms with Crippen LogP contribution in [0.4, 0.5) is 0 Å². The van der Waals surface area contributed by atoms with Crippen LogP contribution in [0.25, 0.3) is 0 Å². The van der Waals surface area contributed by atoms with Crippen LogP contribution in [0, 0.1) is 5.92 Å². The van der Waals surface area contributed by atoms with Crippen molar-refractivity contribution in [3.63, 3.8) is 0 Å². The lowest BCUT2D eigenvalue weighted by molar-refractivity contribution is 0.141. The Bertz CT molecular complexity index is 378. The quantitative estimate of drug-likeness (QED) is 0.788. The minimum Gasteiger partial charge on any atom is -0.393 e.